The number of carbonyl (C=O) groups is 1. The number of nitrogens with one attached hydrogen (secondary N) is 1. The van der Waals surface area contributed by atoms with Gasteiger partial charge in [-0.15, -0.1) is 11.8 Å². The molecule has 1 amide bonds. The minimum atomic E-state index is -0.416. The molecule has 0 saturated heterocycles. The van der Waals surface area contributed by atoms with Crippen molar-refractivity contribution in [3.8, 4) is 5.75 Å². The molecule has 0 unspecified atom stereocenters. The molecule has 1 N–H and O–H groups in total. The number of hydrogen-bond acceptors (Lipinski definition) is 5. The fourth-order valence-corrected chi connectivity index (χ4v) is 3.12. The highest BCUT2D eigenvalue weighted by atomic mass is 32.2. The van der Waals surface area contributed by atoms with E-state index in [4.69, 9.17) is 4.74 Å². The monoisotopic (exact) mass is 360 g/mol. The van der Waals surface area contributed by atoms with E-state index >= 15 is 0 Å². The first-order valence-corrected chi connectivity index (χ1v) is 8.80. The predicted octanol–water partition coefficient (Wildman–Crippen LogP) is 3.71. The largest absolute Gasteiger partial charge is 0.496 e. The zero-order valence-corrected chi connectivity index (χ0v) is 14.9. The lowest BCUT2D eigenvalue weighted by atomic mass is 10.1. The normalized spacial score (nSPS) is 11.6. The molecular formula is C18H20N2O4S. The van der Waals surface area contributed by atoms with Crippen LogP contribution in [-0.4, -0.2) is 23.7 Å². The highest BCUT2D eigenvalue weighted by Gasteiger charge is 2.13. The van der Waals surface area contributed by atoms with Crippen LogP contribution in [0, 0.1) is 10.1 Å². The summed E-state index contributed by atoms with van der Waals surface area (Å²) >= 11 is 1.44. The summed E-state index contributed by atoms with van der Waals surface area (Å²) in [6.45, 7) is 2.33. The number of thioether (sulfide) groups is 1. The van der Waals surface area contributed by atoms with E-state index in [1.807, 2.05) is 37.3 Å². The third-order valence-corrected chi connectivity index (χ3v) is 4.88. The molecular weight excluding hydrogens is 340 g/mol. The van der Waals surface area contributed by atoms with E-state index in [1.165, 1.54) is 17.8 Å². The molecule has 0 aromatic heterocycles. The maximum Gasteiger partial charge on any atom is 0.269 e. The first-order valence-electron chi connectivity index (χ1n) is 7.76. The van der Waals surface area contributed by atoms with Gasteiger partial charge in [-0.25, -0.2) is 0 Å². The fraction of sp³-hybridized carbons (Fsp3) is 0.278. The van der Waals surface area contributed by atoms with Gasteiger partial charge in [0.05, 0.1) is 17.8 Å². The Morgan fingerprint density at radius 2 is 2.04 bits per heavy atom. The van der Waals surface area contributed by atoms with Crippen LogP contribution in [0.4, 0.5) is 5.69 Å². The van der Waals surface area contributed by atoms with E-state index in [2.05, 4.69) is 5.32 Å². The Labute approximate surface area is 150 Å². The third-order valence-electron chi connectivity index (χ3n) is 3.68. The summed E-state index contributed by atoms with van der Waals surface area (Å²) in [4.78, 5) is 22.5. The number of carbonyl (C=O) groups excluding carboxylic acids is 1. The SMILES string of the molecule is COc1ccccc1CNC(=O)CS[C@@H](C)c1cccc([N+](=O)[O-])c1. The lowest BCUT2D eigenvalue weighted by Gasteiger charge is -2.12. The highest BCUT2D eigenvalue weighted by molar-refractivity contribution is 8.00. The van der Waals surface area contributed by atoms with Gasteiger partial charge in [0.25, 0.3) is 5.69 Å². The Balaban J connectivity index is 1.85. The second-order valence-electron chi connectivity index (χ2n) is 5.39. The van der Waals surface area contributed by atoms with Crippen LogP contribution in [0.15, 0.2) is 48.5 Å². The van der Waals surface area contributed by atoms with Crippen LogP contribution in [0.3, 0.4) is 0 Å². The summed E-state index contributed by atoms with van der Waals surface area (Å²) in [5.41, 5.74) is 1.80. The average Bonchev–Trinajstić information content (AvgIpc) is 2.64. The minimum absolute atomic E-state index is 0.0167. The van der Waals surface area contributed by atoms with Crippen LogP contribution >= 0.6 is 11.8 Å². The van der Waals surface area contributed by atoms with Gasteiger partial charge >= 0.3 is 0 Å². The Morgan fingerprint density at radius 3 is 2.76 bits per heavy atom. The molecule has 0 aliphatic rings. The van der Waals surface area contributed by atoms with E-state index in [1.54, 1.807) is 19.2 Å². The van der Waals surface area contributed by atoms with Crippen LogP contribution in [0.1, 0.15) is 23.3 Å². The number of amides is 1. The molecule has 0 radical (unpaired) electrons. The van der Waals surface area contributed by atoms with E-state index in [-0.39, 0.29) is 22.6 Å². The molecule has 0 fully saturated rings. The number of nitrogens with zero attached hydrogens (tertiary/aromatic N) is 1. The minimum Gasteiger partial charge on any atom is -0.496 e. The number of rotatable bonds is 8. The predicted molar refractivity (Wildman–Crippen MR) is 98.8 cm³/mol. The lowest BCUT2D eigenvalue weighted by molar-refractivity contribution is -0.384. The molecule has 25 heavy (non-hydrogen) atoms. The molecule has 0 heterocycles. The van der Waals surface area contributed by atoms with Crippen molar-refractivity contribution in [3.05, 3.63) is 69.8 Å². The number of nitro benzene ring substituents is 1. The van der Waals surface area contributed by atoms with Gasteiger partial charge in [-0.1, -0.05) is 30.3 Å². The molecule has 2 aromatic carbocycles. The number of hydrogen-bond donors (Lipinski definition) is 1. The summed E-state index contributed by atoms with van der Waals surface area (Å²) in [5.74, 6) is 0.924. The summed E-state index contributed by atoms with van der Waals surface area (Å²) in [6.07, 6.45) is 0. The van der Waals surface area contributed by atoms with Gasteiger partial charge in [-0.05, 0) is 18.6 Å². The second-order valence-corrected chi connectivity index (χ2v) is 6.72. The van der Waals surface area contributed by atoms with E-state index in [0.29, 0.717) is 6.54 Å². The van der Waals surface area contributed by atoms with Crippen LogP contribution in [0.2, 0.25) is 0 Å². The van der Waals surface area contributed by atoms with Crippen LogP contribution in [-0.2, 0) is 11.3 Å². The molecule has 2 aromatic rings. The van der Waals surface area contributed by atoms with Gasteiger partial charge in [0.1, 0.15) is 5.75 Å². The molecule has 6 nitrogen and oxygen atoms in total. The number of methoxy groups -OCH3 is 1. The lowest BCUT2D eigenvalue weighted by Crippen LogP contribution is -2.25. The molecule has 132 valence electrons. The molecule has 0 bridgehead atoms. The molecule has 0 spiro atoms. The highest BCUT2D eigenvalue weighted by Crippen LogP contribution is 2.30. The number of benzene rings is 2. The van der Waals surface area contributed by atoms with Gasteiger partial charge in [0, 0.05) is 29.5 Å². The summed E-state index contributed by atoms with van der Waals surface area (Å²) < 4.78 is 5.25. The Kier molecular flexibility index (Phi) is 6.82. The van der Waals surface area contributed by atoms with Crippen molar-refractivity contribution in [3.63, 3.8) is 0 Å². The summed E-state index contributed by atoms with van der Waals surface area (Å²) in [7, 11) is 1.59. The number of nitro groups is 1. The first-order chi connectivity index (χ1) is 12.0. The van der Waals surface area contributed by atoms with Gasteiger partial charge in [-0.2, -0.15) is 0 Å². The van der Waals surface area contributed by atoms with Crippen molar-refractivity contribution in [2.75, 3.05) is 12.9 Å². The Morgan fingerprint density at radius 1 is 1.28 bits per heavy atom. The fourth-order valence-electron chi connectivity index (χ4n) is 2.28. The standard InChI is InChI=1S/C18H20N2O4S/c1-13(14-7-5-8-16(10-14)20(22)23)25-12-18(21)19-11-15-6-3-4-9-17(15)24-2/h3-10,13H,11-12H2,1-2H3,(H,19,21)/t13-/m0/s1. The van der Waals surface area contributed by atoms with Gasteiger partial charge in [-0.3, -0.25) is 14.9 Å². The zero-order chi connectivity index (χ0) is 18.2. The third kappa shape index (κ3) is 5.49. The maximum absolute atomic E-state index is 12.0. The van der Waals surface area contributed by atoms with Crippen molar-refractivity contribution in [1.29, 1.82) is 0 Å². The molecule has 2 rings (SSSR count). The summed E-state index contributed by atoms with van der Waals surface area (Å²) in [6, 6.07) is 14.0. The van der Waals surface area contributed by atoms with Crippen molar-refractivity contribution in [2.24, 2.45) is 0 Å². The van der Waals surface area contributed by atoms with Crippen LogP contribution < -0.4 is 10.1 Å². The van der Waals surface area contributed by atoms with E-state index in [0.717, 1.165) is 16.9 Å². The quantitative estimate of drug-likeness (QED) is 0.573. The molecule has 0 aliphatic heterocycles. The van der Waals surface area contributed by atoms with Crippen molar-refractivity contribution in [1.82, 2.24) is 5.32 Å². The van der Waals surface area contributed by atoms with E-state index in [9.17, 15) is 14.9 Å². The Hall–Kier alpha value is -2.54. The topological polar surface area (TPSA) is 81.5 Å². The van der Waals surface area contributed by atoms with E-state index < -0.39 is 4.92 Å². The van der Waals surface area contributed by atoms with Crippen LogP contribution in [0.25, 0.3) is 0 Å². The zero-order valence-electron chi connectivity index (χ0n) is 14.1. The average molecular weight is 360 g/mol. The number of non-ortho nitro benzene ring substituents is 1. The summed E-state index contributed by atoms with van der Waals surface area (Å²) in [5, 5.41) is 13.7. The van der Waals surface area contributed by atoms with Gasteiger partial charge < -0.3 is 10.1 Å². The number of para-hydroxylation sites is 1. The maximum atomic E-state index is 12.0. The van der Waals surface area contributed by atoms with Crippen LogP contribution in [0.5, 0.6) is 5.75 Å². The van der Waals surface area contributed by atoms with Gasteiger partial charge in [0.2, 0.25) is 5.91 Å². The second kappa shape index (κ2) is 9.08. The first kappa shape index (κ1) is 18.8. The molecule has 1 atom stereocenters. The number of ether oxygens (including phenoxy) is 1. The molecule has 0 saturated carbocycles. The van der Waals surface area contributed by atoms with Gasteiger partial charge in [0.15, 0.2) is 0 Å². The van der Waals surface area contributed by atoms with Crippen molar-refractivity contribution < 1.29 is 14.5 Å². The smallest absolute Gasteiger partial charge is 0.269 e. The van der Waals surface area contributed by atoms with Crippen molar-refractivity contribution >= 4 is 23.4 Å². The molecule has 0 aliphatic carbocycles. The Bertz CT molecular complexity index is 751. The van der Waals surface area contributed by atoms with Crippen molar-refractivity contribution in [2.45, 2.75) is 18.7 Å². The molecule has 7 heteroatoms.